The van der Waals surface area contributed by atoms with E-state index in [1.807, 2.05) is 0 Å². The van der Waals surface area contributed by atoms with Crippen LogP contribution >= 0.6 is 0 Å². The Hall–Kier alpha value is -2.76. The van der Waals surface area contributed by atoms with Gasteiger partial charge in [-0.15, -0.1) is 0 Å². The molecular weight excluding hydrogens is 232 g/mol. The van der Waals surface area contributed by atoms with Crippen LogP contribution < -0.4 is 5.73 Å². The molecule has 0 bridgehead atoms. The third kappa shape index (κ3) is 2.88. The van der Waals surface area contributed by atoms with Gasteiger partial charge in [0.1, 0.15) is 0 Å². The van der Waals surface area contributed by atoms with E-state index >= 15 is 0 Å². The van der Waals surface area contributed by atoms with Gasteiger partial charge in [0, 0.05) is 30.4 Å². The van der Waals surface area contributed by atoms with Gasteiger partial charge in [-0.3, -0.25) is 9.97 Å². The summed E-state index contributed by atoms with van der Waals surface area (Å²) in [7, 11) is 0. The molecule has 0 saturated carbocycles. The molecule has 2 rings (SSSR count). The molecule has 0 fully saturated rings. The Balaban J connectivity index is 2.05. The van der Waals surface area contributed by atoms with Crippen LogP contribution in [0, 0.1) is 0 Å². The molecule has 0 aliphatic heterocycles. The van der Waals surface area contributed by atoms with Crippen LogP contribution in [0.2, 0.25) is 0 Å². The number of amidine groups is 1. The molecule has 0 unspecified atom stereocenters. The lowest BCUT2D eigenvalue weighted by Crippen LogP contribution is -2.15. The fourth-order valence-electron chi connectivity index (χ4n) is 1.20. The molecule has 0 radical (unpaired) electrons. The number of carbonyl (C=O) groups is 1. The summed E-state index contributed by atoms with van der Waals surface area (Å²) in [4.78, 5) is 23.9. The van der Waals surface area contributed by atoms with E-state index < -0.39 is 5.97 Å². The molecule has 0 spiro atoms. The van der Waals surface area contributed by atoms with Crippen molar-refractivity contribution in [1.29, 1.82) is 0 Å². The highest BCUT2D eigenvalue weighted by Crippen LogP contribution is 2.01. The van der Waals surface area contributed by atoms with Gasteiger partial charge in [0.25, 0.3) is 0 Å². The number of oxime groups is 1. The monoisotopic (exact) mass is 242 g/mol. The largest absolute Gasteiger partial charge is 0.380 e. The maximum absolute atomic E-state index is 11.6. The van der Waals surface area contributed by atoms with E-state index in [2.05, 4.69) is 15.1 Å². The fraction of sp³-hybridized carbons (Fsp3) is 0. The first-order valence-corrected chi connectivity index (χ1v) is 5.12. The Morgan fingerprint density at radius 2 is 1.89 bits per heavy atom. The first kappa shape index (κ1) is 11.7. The molecule has 0 atom stereocenters. The van der Waals surface area contributed by atoms with Crippen molar-refractivity contribution in [2.45, 2.75) is 0 Å². The van der Waals surface area contributed by atoms with E-state index in [0.29, 0.717) is 11.1 Å². The highest BCUT2D eigenvalue weighted by molar-refractivity contribution is 5.97. The second kappa shape index (κ2) is 5.53. The molecule has 0 aliphatic carbocycles. The van der Waals surface area contributed by atoms with Gasteiger partial charge in [-0.1, -0.05) is 5.16 Å². The number of hydrogen-bond donors (Lipinski definition) is 1. The molecule has 2 aromatic rings. The molecule has 2 aromatic heterocycles. The molecular formula is C12H10N4O2. The van der Waals surface area contributed by atoms with Crippen LogP contribution in [0.5, 0.6) is 0 Å². The van der Waals surface area contributed by atoms with Crippen LogP contribution in [-0.4, -0.2) is 21.8 Å². The molecule has 0 aromatic carbocycles. The minimum atomic E-state index is -0.593. The van der Waals surface area contributed by atoms with Gasteiger partial charge in [0.05, 0.1) is 5.56 Å². The highest BCUT2D eigenvalue weighted by atomic mass is 16.7. The van der Waals surface area contributed by atoms with Gasteiger partial charge in [-0.25, -0.2) is 4.79 Å². The molecule has 2 heterocycles. The zero-order chi connectivity index (χ0) is 12.8. The van der Waals surface area contributed by atoms with Crippen molar-refractivity contribution in [3.63, 3.8) is 0 Å². The molecule has 0 aliphatic rings. The standard InChI is InChI=1S/C12H10N4O2/c13-11(10-2-1-5-15-8-10)16-18-12(17)9-3-6-14-7-4-9/h1-8H,(H2,13,16). The van der Waals surface area contributed by atoms with Crippen LogP contribution in [0.15, 0.2) is 54.2 Å². The second-order valence-corrected chi connectivity index (χ2v) is 3.33. The number of hydrogen-bond acceptors (Lipinski definition) is 5. The molecule has 18 heavy (non-hydrogen) atoms. The fourth-order valence-corrected chi connectivity index (χ4v) is 1.20. The van der Waals surface area contributed by atoms with E-state index in [0.717, 1.165) is 0 Å². The van der Waals surface area contributed by atoms with Crippen LogP contribution in [-0.2, 0) is 4.84 Å². The first-order chi connectivity index (χ1) is 8.77. The minimum absolute atomic E-state index is 0.0884. The zero-order valence-corrected chi connectivity index (χ0v) is 9.35. The Bertz CT molecular complexity index is 555. The van der Waals surface area contributed by atoms with Gasteiger partial charge >= 0.3 is 5.97 Å². The van der Waals surface area contributed by atoms with E-state index in [4.69, 9.17) is 10.6 Å². The van der Waals surface area contributed by atoms with E-state index in [1.54, 1.807) is 18.3 Å². The number of nitrogens with zero attached hydrogens (tertiary/aromatic N) is 3. The molecule has 0 amide bonds. The average molecular weight is 242 g/mol. The minimum Gasteiger partial charge on any atom is -0.380 e. The van der Waals surface area contributed by atoms with Gasteiger partial charge in [0.2, 0.25) is 0 Å². The van der Waals surface area contributed by atoms with Gasteiger partial charge in [0.15, 0.2) is 5.84 Å². The lowest BCUT2D eigenvalue weighted by Gasteiger charge is -2.00. The van der Waals surface area contributed by atoms with Gasteiger partial charge in [-0.2, -0.15) is 0 Å². The Labute approximate surface area is 103 Å². The van der Waals surface area contributed by atoms with Crippen LogP contribution in [0.1, 0.15) is 15.9 Å². The second-order valence-electron chi connectivity index (χ2n) is 3.33. The van der Waals surface area contributed by atoms with E-state index in [9.17, 15) is 4.79 Å². The van der Waals surface area contributed by atoms with Crippen LogP contribution in [0.4, 0.5) is 0 Å². The van der Waals surface area contributed by atoms with E-state index in [1.165, 1.54) is 30.7 Å². The maximum atomic E-state index is 11.6. The smallest absolute Gasteiger partial charge is 0.365 e. The summed E-state index contributed by atoms with van der Waals surface area (Å²) in [6.07, 6.45) is 6.12. The van der Waals surface area contributed by atoms with Crippen LogP contribution in [0.3, 0.4) is 0 Å². The van der Waals surface area contributed by atoms with Gasteiger partial charge < -0.3 is 10.6 Å². The van der Waals surface area contributed by atoms with Crippen molar-refractivity contribution in [3.05, 3.63) is 60.2 Å². The highest BCUT2D eigenvalue weighted by Gasteiger charge is 2.07. The number of aromatic nitrogens is 2. The number of carbonyl (C=O) groups excluding carboxylic acids is 1. The van der Waals surface area contributed by atoms with Crippen molar-refractivity contribution >= 4 is 11.8 Å². The number of pyridine rings is 2. The Kier molecular flexibility index (Phi) is 3.60. The Morgan fingerprint density at radius 3 is 2.56 bits per heavy atom. The summed E-state index contributed by atoms with van der Waals surface area (Å²) in [5, 5.41) is 3.56. The summed E-state index contributed by atoms with van der Waals surface area (Å²) in [6, 6.07) is 6.48. The summed E-state index contributed by atoms with van der Waals surface area (Å²) >= 11 is 0. The number of rotatable bonds is 3. The third-order valence-electron chi connectivity index (χ3n) is 2.10. The normalized spacial score (nSPS) is 11.0. The molecule has 6 nitrogen and oxygen atoms in total. The molecule has 2 N–H and O–H groups in total. The third-order valence-corrected chi connectivity index (χ3v) is 2.10. The predicted molar refractivity (Wildman–Crippen MR) is 64.6 cm³/mol. The summed E-state index contributed by atoms with van der Waals surface area (Å²) in [6.45, 7) is 0. The molecule has 6 heteroatoms. The maximum Gasteiger partial charge on any atom is 0.365 e. The SMILES string of the molecule is NC(=NOC(=O)c1ccncc1)c1cccnc1. The average Bonchev–Trinajstić information content (AvgIpc) is 2.46. The van der Waals surface area contributed by atoms with Crippen molar-refractivity contribution in [2.24, 2.45) is 10.9 Å². The molecule has 90 valence electrons. The Morgan fingerprint density at radius 1 is 1.11 bits per heavy atom. The lowest BCUT2D eigenvalue weighted by atomic mass is 10.3. The predicted octanol–water partition coefficient (Wildman–Crippen LogP) is 0.954. The van der Waals surface area contributed by atoms with Crippen LogP contribution in [0.25, 0.3) is 0 Å². The van der Waals surface area contributed by atoms with E-state index in [-0.39, 0.29) is 5.84 Å². The summed E-state index contributed by atoms with van der Waals surface area (Å²) in [5.41, 5.74) is 6.58. The first-order valence-electron chi connectivity index (χ1n) is 5.12. The van der Waals surface area contributed by atoms with Crippen molar-refractivity contribution in [2.75, 3.05) is 0 Å². The van der Waals surface area contributed by atoms with Crippen molar-refractivity contribution < 1.29 is 9.63 Å². The van der Waals surface area contributed by atoms with Gasteiger partial charge in [-0.05, 0) is 24.3 Å². The summed E-state index contributed by atoms with van der Waals surface area (Å²) in [5.74, 6) is -0.505. The van der Waals surface area contributed by atoms with Crippen molar-refractivity contribution in [1.82, 2.24) is 9.97 Å². The summed E-state index contributed by atoms with van der Waals surface area (Å²) < 4.78 is 0. The number of nitrogens with two attached hydrogens (primary N) is 1. The molecule has 0 saturated heterocycles. The van der Waals surface area contributed by atoms with Crippen molar-refractivity contribution in [3.8, 4) is 0 Å². The topological polar surface area (TPSA) is 90.5 Å². The lowest BCUT2D eigenvalue weighted by molar-refractivity contribution is 0.0516. The quantitative estimate of drug-likeness (QED) is 0.374. The zero-order valence-electron chi connectivity index (χ0n) is 9.35.